The summed E-state index contributed by atoms with van der Waals surface area (Å²) < 4.78 is 4.97. The summed E-state index contributed by atoms with van der Waals surface area (Å²) in [4.78, 5) is 26.2. The maximum Gasteiger partial charge on any atom is 0.325 e. The molecule has 0 unspecified atom stereocenters. The summed E-state index contributed by atoms with van der Waals surface area (Å²) in [5.74, 6) is -0.272. The second-order valence-electron chi connectivity index (χ2n) is 5.48. The van der Waals surface area contributed by atoms with Crippen LogP contribution in [0.15, 0.2) is 30.3 Å². The first-order valence-electron chi connectivity index (χ1n) is 7.64. The average molecular weight is 289 g/mol. The van der Waals surface area contributed by atoms with Gasteiger partial charge in [-0.05, 0) is 31.7 Å². The summed E-state index contributed by atoms with van der Waals surface area (Å²) in [5.41, 5.74) is 0.642. The van der Waals surface area contributed by atoms with E-state index in [1.807, 2.05) is 37.3 Å². The Morgan fingerprint density at radius 2 is 1.86 bits per heavy atom. The van der Waals surface area contributed by atoms with Crippen molar-refractivity contribution in [2.75, 3.05) is 19.7 Å². The lowest BCUT2D eigenvalue weighted by atomic mass is 9.94. The van der Waals surface area contributed by atoms with E-state index in [9.17, 15) is 9.59 Å². The molecule has 0 heterocycles. The molecule has 0 N–H and O–H groups in total. The summed E-state index contributed by atoms with van der Waals surface area (Å²) in [6, 6.07) is 9.86. The fourth-order valence-corrected chi connectivity index (χ4v) is 2.70. The highest BCUT2D eigenvalue weighted by atomic mass is 16.5. The topological polar surface area (TPSA) is 46.6 Å². The number of rotatable bonds is 7. The molecule has 0 radical (unpaired) electrons. The SMILES string of the molecule is CCCN(CC(=O)OCC)C(=O)C1(c2ccccc2)CC1. The smallest absolute Gasteiger partial charge is 0.325 e. The number of carbonyl (C=O) groups excluding carboxylic acids is 2. The van der Waals surface area contributed by atoms with Crippen molar-refractivity contribution in [3.63, 3.8) is 0 Å². The first kappa shape index (κ1) is 15.5. The monoisotopic (exact) mass is 289 g/mol. The largest absolute Gasteiger partial charge is 0.465 e. The second-order valence-corrected chi connectivity index (χ2v) is 5.48. The Labute approximate surface area is 126 Å². The van der Waals surface area contributed by atoms with Gasteiger partial charge in [0, 0.05) is 6.54 Å². The van der Waals surface area contributed by atoms with Gasteiger partial charge in [-0.3, -0.25) is 9.59 Å². The van der Waals surface area contributed by atoms with Crippen LogP contribution in [-0.4, -0.2) is 36.5 Å². The van der Waals surface area contributed by atoms with Gasteiger partial charge in [0.15, 0.2) is 0 Å². The highest BCUT2D eigenvalue weighted by Gasteiger charge is 2.52. The molecule has 1 aliphatic rings. The summed E-state index contributed by atoms with van der Waals surface area (Å²) in [7, 11) is 0. The van der Waals surface area contributed by atoms with Crippen LogP contribution in [0.5, 0.6) is 0 Å². The van der Waals surface area contributed by atoms with Gasteiger partial charge in [0.05, 0.1) is 12.0 Å². The number of amides is 1. The number of carbonyl (C=O) groups is 2. The van der Waals surface area contributed by atoms with Crippen LogP contribution in [0, 0.1) is 0 Å². The van der Waals surface area contributed by atoms with E-state index in [1.54, 1.807) is 11.8 Å². The summed E-state index contributed by atoms with van der Waals surface area (Å²) in [6.45, 7) is 4.77. The number of benzene rings is 1. The molecule has 114 valence electrons. The van der Waals surface area contributed by atoms with Crippen LogP contribution in [0.2, 0.25) is 0 Å². The summed E-state index contributed by atoms with van der Waals surface area (Å²) >= 11 is 0. The van der Waals surface area contributed by atoms with Gasteiger partial charge in [-0.25, -0.2) is 0 Å². The van der Waals surface area contributed by atoms with E-state index in [0.29, 0.717) is 13.2 Å². The minimum absolute atomic E-state index is 0.0507. The van der Waals surface area contributed by atoms with Crippen molar-refractivity contribution < 1.29 is 14.3 Å². The van der Waals surface area contributed by atoms with E-state index in [2.05, 4.69) is 0 Å². The Kier molecular flexibility index (Phi) is 4.99. The molecule has 0 saturated heterocycles. The van der Waals surface area contributed by atoms with Gasteiger partial charge in [-0.2, -0.15) is 0 Å². The normalized spacial score (nSPS) is 15.3. The molecule has 0 spiro atoms. The molecule has 0 aromatic heterocycles. The molecule has 4 nitrogen and oxygen atoms in total. The molecular weight excluding hydrogens is 266 g/mol. The molecule has 0 bridgehead atoms. The molecule has 1 fully saturated rings. The molecular formula is C17H23NO3. The first-order valence-corrected chi connectivity index (χ1v) is 7.64. The van der Waals surface area contributed by atoms with Crippen molar-refractivity contribution >= 4 is 11.9 Å². The number of esters is 1. The zero-order chi connectivity index (χ0) is 15.3. The Hall–Kier alpha value is -1.84. The van der Waals surface area contributed by atoms with Crippen molar-refractivity contribution in [2.24, 2.45) is 0 Å². The van der Waals surface area contributed by atoms with Crippen molar-refractivity contribution in [3.8, 4) is 0 Å². The van der Waals surface area contributed by atoms with Gasteiger partial charge in [-0.1, -0.05) is 37.3 Å². The molecule has 1 aliphatic carbocycles. The van der Waals surface area contributed by atoms with Gasteiger partial charge in [-0.15, -0.1) is 0 Å². The van der Waals surface area contributed by atoms with Gasteiger partial charge < -0.3 is 9.64 Å². The van der Waals surface area contributed by atoms with Crippen molar-refractivity contribution in [1.29, 1.82) is 0 Å². The van der Waals surface area contributed by atoms with Crippen LogP contribution < -0.4 is 0 Å². The third-order valence-corrected chi connectivity index (χ3v) is 3.89. The predicted molar refractivity (Wildman–Crippen MR) is 80.9 cm³/mol. The number of ether oxygens (including phenoxy) is 1. The summed E-state index contributed by atoms with van der Waals surface area (Å²) in [5, 5.41) is 0. The first-order chi connectivity index (χ1) is 10.1. The zero-order valence-electron chi connectivity index (χ0n) is 12.8. The van der Waals surface area contributed by atoms with E-state index >= 15 is 0 Å². The van der Waals surface area contributed by atoms with Crippen LogP contribution in [0.4, 0.5) is 0 Å². The Balaban J connectivity index is 2.13. The molecule has 1 aromatic carbocycles. The molecule has 21 heavy (non-hydrogen) atoms. The molecule has 0 aliphatic heterocycles. The number of hydrogen-bond donors (Lipinski definition) is 0. The van der Waals surface area contributed by atoms with Crippen molar-refractivity contribution in [1.82, 2.24) is 4.90 Å². The molecule has 1 saturated carbocycles. The number of nitrogens with zero attached hydrogens (tertiary/aromatic N) is 1. The van der Waals surface area contributed by atoms with Crippen LogP contribution in [-0.2, 0) is 19.7 Å². The summed E-state index contributed by atoms with van der Waals surface area (Å²) in [6.07, 6.45) is 2.55. The van der Waals surface area contributed by atoms with E-state index in [0.717, 1.165) is 24.8 Å². The minimum Gasteiger partial charge on any atom is -0.465 e. The lowest BCUT2D eigenvalue weighted by Crippen LogP contribution is -2.43. The van der Waals surface area contributed by atoms with Gasteiger partial charge in [0.1, 0.15) is 6.54 Å². The molecule has 2 rings (SSSR count). The van der Waals surface area contributed by atoms with E-state index in [1.165, 1.54) is 0 Å². The van der Waals surface area contributed by atoms with E-state index < -0.39 is 5.41 Å². The standard InChI is InChI=1S/C17H23NO3/c1-3-12-18(13-15(19)21-4-2)16(20)17(10-11-17)14-8-6-5-7-9-14/h5-9H,3-4,10-13H2,1-2H3. The fourth-order valence-electron chi connectivity index (χ4n) is 2.70. The van der Waals surface area contributed by atoms with Crippen LogP contribution in [0.3, 0.4) is 0 Å². The lowest BCUT2D eigenvalue weighted by molar-refractivity contribution is -0.149. The molecule has 0 atom stereocenters. The highest BCUT2D eigenvalue weighted by molar-refractivity contribution is 5.93. The Morgan fingerprint density at radius 3 is 2.38 bits per heavy atom. The zero-order valence-corrected chi connectivity index (χ0v) is 12.8. The third kappa shape index (κ3) is 3.43. The second kappa shape index (κ2) is 6.74. The van der Waals surface area contributed by atoms with E-state index in [-0.39, 0.29) is 18.4 Å². The van der Waals surface area contributed by atoms with Gasteiger partial charge in [0.25, 0.3) is 0 Å². The highest BCUT2D eigenvalue weighted by Crippen LogP contribution is 2.49. The average Bonchev–Trinajstić information content (AvgIpc) is 3.29. The Morgan fingerprint density at radius 1 is 1.19 bits per heavy atom. The molecule has 1 aromatic rings. The van der Waals surface area contributed by atoms with Gasteiger partial charge >= 0.3 is 5.97 Å². The van der Waals surface area contributed by atoms with Crippen LogP contribution in [0.25, 0.3) is 0 Å². The quantitative estimate of drug-likeness (QED) is 0.725. The van der Waals surface area contributed by atoms with Crippen LogP contribution in [0.1, 0.15) is 38.7 Å². The van der Waals surface area contributed by atoms with E-state index in [4.69, 9.17) is 4.74 Å². The van der Waals surface area contributed by atoms with Crippen molar-refractivity contribution in [2.45, 2.75) is 38.5 Å². The Bertz CT molecular complexity index is 494. The maximum absolute atomic E-state index is 12.9. The van der Waals surface area contributed by atoms with Crippen LogP contribution >= 0.6 is 0 Å². The predicted octanol–water partition coefficient (Wildman–Crippen LogP) is 2.52. The molecule has 4 heteroatoms. The fraction of sp³-hybridized carbons (Fsp3) is 0.529. The third-order valence-electron chi connectivity index (χ3n) is 3.89. The minimum atomic E-state index is -0.414. The van der Waals surface area contributed by atoms with Gasteiger partial charge in [0.2, 0.25) is 5.91 Å². The van der Waals surface area contributed by atoms with Crippen molar-refractivity contribution in [3.05, 3.63) is 35.9 Å². The molecule has 1 amide bonds. The lowest BCUT2D eigenvalue weighted by Gasteiger charge is -2.26. The number of hydrogen-bond acceptors (Lipinski definition) is 3. The maximum atomic E-state index is 12.9.